The summed E-state index contributed by atoms with van der Waals surface area (Å²) in [6, 6.07) is 0. The molecule has 0 radical (unpaired) electrons. The molecule has 0 aromatic carbocycles. The zero-order valence-corrected chi connectivity index (χ0v) is 16.7. The van der Waals surface area contributed by atoms with Gasteiger partial charge in [-0.3, -0.25) is 14.6 Å². The molecule has 3 aromatic heterocycles. The monoisotopic (exact) mass is 392 g/mol. The van der Waals surface area contributed by atoms with Gasteiger partial charge in [0.1, 0.15) is 0 Å². The lowest BCUT2D eigenvalue weighted by Gasteiger charge is -2.17. The van der Waals surface area contributed by atoms with Crippen molar-refractivity contribution in [2.45, 2.75) is 57.9 Å². The summed E-state index contributed by atoms with van der Waals surface area (Å²) in [7, 11) is 1.79. The van der Waals surface area contributed by atoms with Crippen molar-refractivity contribution in [3.8, 4) is 0 Å². The topological polar surface area (TPSA) is 116 Å². The molecule has 3 aromatic rings. The third kappa shape index (κ3) is 3.27. The van der Waals surface area contributed by atoms with Crippen LogP contribution in [0.1, 0.15) is 54.2 Å². The Kier molecular flexibility index (Phi) is 5.14. The summed E-state index contributed by atoms with van der Waals surface area (Å²) in [6.07, 6.45) is 5.31. The predicted octanol–water partition coefficient (Wildman–Crippen LogP) is 2.20. The second kappa shape index (κ2) is 7.09. The van der Waals surface area contributed by atoms with Gasteiger partial charge in [-0.1, -0.05) is 18.0 Å². The standard InChI is InChI=1S/C18H24N6O2.ClH/c1-10-12(11(2)20-15-14(10)16(25)22-24(15)3)6-7-13-21-17(23-26-13)18(19)8-4-5-9-18;/h4-9,19H2,1-3H3,(H,22,25);1H. The summed E-state index contributed by atoms with van der Waals surface area (Å²) in [5.41, 5.74) is 9.45. The van der Waals surface area contributed by atoms with Gasteiger partial charge in [-0.25, -0.2) is 4.98 Å². The average Bonchev–Trinajstić information content (AvgIpc) is 3.29. The van der Waals surface area contributed by atoms with Crippen molar-refractivity contribution in [2.24, 2.45) is 12.8 Å². The first kappa shape index (κ1) is 19.6. The molecule has 0 bridgehead atoms. The van der Waals surface area contributed by atoms with Gasteiger partial charge in [-0.2, -0.15) is 4.98 Å². The van der Waals surface area contributed by atoms with E-state index in [0.717, 1.165) is 42.5 Å². The lowest BCUT2D eigenvalue weighted by Crippen LogP contribution is -2.34. The Hall–Kier alpha value is -2.19. The van der Waals surface area contributed by atoms with Crippen LogP contribution in [0.5, 0.6) is 0 Å². The zero-order chi connectivity index (χ0) is 18.5. The number of aromatic amines is 1. The van der Waals surface area contributed by atoms with Crippen LogP contribution in [0.2, 0.25) is 0 Å². The van der Waals surface area contributed by atoms with Gasteiger partial charge in [0, 0.05) is 19.2 Å². The molecule has 0 amide bonds. The highest BCUT2D eigenvalue weighted by Gasteiger charge is 2.35. The van der Waals surface area contributed by atoms with E-state index in [4.69, 9.17) is 10.3 Å². The summed E-state index contributed by atoms with van der Waals surface area (Å²) in [6.45, 7) is 3.93. The van der Waals surface area contributed by atoms with E-state index in [2.05, 4.69) is 20.2 Å². The van der Waals surface area contributed by atoms with Gasteiger partial charge in [-0.05, 0) is 44.2 Å². The molecule has 3 N–H and O–H groups in total. The van der Waals surface area contributed by atoms with Crippen LogP contribution in [0.15, 0.2) is 9.32 Å². The minimum absolute atomic E-state index is 0. The van der Waals surface area contributed by atoms with Gasteiger partial charge in [0.15, 0.2) is 11.5 Å². The van der Waals surface area contributed by atoms with Crippen molar-refractivity contribution >= 4 is 23.4 Å². The molecule has 1 aliphatic rings. The van der Waals surface area contributed by atoms with E-state index < -0.39 is 5.54 Å². The number of halogens is 1. The Bertz CT molecular complexity index is 1030. The Balaban J connectivity index is 0.00000210. The van der Waals surface area contributed by atoms with Gasteiger partial charge < -0.3 is 10.3 Å². The fourth-order valence-electron chi connectivity index (χ4n) is 4.04. The van der Waals surface area contributed by atoms with Crippen molar-refractivity contribution < 1.29 is 4.52 Å². The van der Waals surface area contributed by atoms with Crippen LogP contribution in [-0.2, 0) is 25.4 Å². The molecule has 0 spiro atoms. The van der Waals surface area contributed by atoms with E-state index in [-0.39, 0.29) is 18.0 Å². The van der Waals surface area contributed by atoms with E-state index in [1.165, 1.54) is 0 Å². The summed E-state index contributed by atoms with van der Waals surface area (Å²) >= 11 is 0. The second-order valence-electron chi connectivity index (χ2n) is 7.37. The van der Waals surface area contributed by atoms with Gasteiger partial charge in [0.2, 0.25) is 5.89 Å². The predicted molar refractivity (Wildman–Crippen MR) is 104 cm³/mol. The third-order valence-corrected chi connectivity index (χ3v) is 5.57. The highest BCUT2D eigenvalue weighted by molar-refractivity contribution is 5.85. The van der Waals surface area contributed by atoms with Gasteiger partial charge in [-0.15, -0.1) is 12.4 Å². The maximum Gasteiger partial charge on any atom is 0.273 e. The number of aromatic nitrogens is 5. The number of rotatable bonds is 4. The highest BCUT2D eigenvalue weighted by atomic mass is 35.5. The van der Waals surface area contributed by atoms with Crippen molar-refractivity contribution in [1.82, 2.24) is 24.9 Å². The van der Waals surface area contributed by atoms with Crippen LogP contribution >= 0.6 is 12.4 Å². The number of pyridine rings is 1. The molecule has 27 heavy (non-hydrogen) atoms. The maximum atomic E-state index is 12.2. The Morgan fingerprint density at radius 2 is 1.93 bits per heavy atom. The van der Waals surface area contributed by atoms with E-state index in [9.17, 15) is 4.79 Å². The second-order valence-corrected chi connectivity index (χ2v) is 7.37. The summed E-state index contributed by atoms with van der Waals surface area (Å²) in [4.78, 5) is 21.3. The zero-order valence-electron chi connectivity index (χ0n) is 15.8. The minimum Gasteiger partial charge on any atom is -0.339 e. The average molecular weight is 393 g/mol. The van der Waals surface area contributed by atoms with Crippen molar-refractivity contribution in [1.29, 1.82) is 0 Å². The molecule has 1 fully saturated rings. The number of fused-ring (bicyclic) bond motifs is 1. The molecule has 0 saturated heterocycles. The molecule has 4 rings (SSSR count). The largest absolute Gasteiger partial charge is 0.339 e. The SMILES string of the molecule is Cc1nc2c(c(C)c1CCc1nc(C3(N)CCCC3)no1)c(=O)[nH]n2C.Cl. The quantitative estimate of drug-likeness (QED) is 0.703. The fraction of sp³-hybridized carbons (Fsp3) is 0.556. The molecule has 9 heteroatoms. The number of H-pyrrole nitrogens is 1. The lowest BCUT2D eigenvalue weighted by molar-refractivity contribution is 0.348. The number of nitrogens with one attached hydrogen (secondary N) is 1. The van der Waals surface area contributed by atoms with Crippen LogP contribution < -0.4 is 11.3 Å². The Labute approximate surface area is 162 Å². The maximum absolute atomic E-state index is 12.2. The molecule has 0 atom stereocenters. The molecule has 3 heterocycles. The molecule has 8 nitrogen and oxygen atoms in total. The number of aryl methyl sites for hydroxylation is 4. The highest BCUT2D eigenvalue weighted by Crippen LogP contribution is 2.34. The van der Waals surface area contributed by atoms with Crippen LogP contribution in [0.4, 0.5) is 0 Å². The van der Waals surface area contributed by atoms with Crippen LogP contribution in [-0.4, -0.2) is 24.9 Å². The lowest BCUT2D eigenvalue weighted by atomic mass is 9.98. The molecule has 0 aliphatic heterocycles. The number of hydrogen-bond acceptors (Lipinski definition) is 6. The first-order valence-electron chi connectivity index (χ1n) is 9.06. The normalized spacial score (nSPS) is 16.0. The van der Waals surface area contributed by atoms with Crippen molar-refractivity contribution in [3.05, 3.63) is 38.9 Å². The summed E-state index contributed by atoms with van der Waals surface area (Å²) in [5, 5.41) is 7.52. The third-order valence-electron chi connectivity index (χ3n) is 5.57. The van der Waals surface area contributed by atoms with Crippen molar-refractivity contribution in [3.63, 3.8) is 0 Å². The molecule has 0 unspecified atom stereocenters. The molecular formula is C18H25ClN6O2. The Morgan fingerprint density at radius 3 is 2.63 bits per heavy atom. The van der Waals surface area contributed by atoms with Crippen LogP contribution in [0.25, 0.3) is 11.0 Å². The van der Waals surface area contributed by atoms with E-state index in [1.807, 2.05) is 13.8 Å². The summed E-state index contributed by atoms with van der Waals surface area (Å²) in [5.74, 6) is 1.20. The van der Waals surface area contributed by atoms with Crippen LogP contribution in [0, 0.1) is 13.8 Å². The number of nitrogens with zero attached hydrogens (tertiary/aromatic N) is 4. The molecule has 1 saturated carbocycles. The van der Waals surface area contributed by atoms with E-state index in [1.54, 1.807) is 11.7 Å². The van der Waals surface area contributed by atoms with E-state index in [0.29, 0.717) is 35.6 Å². The first-order chi connectivity index (χ1) is 12.4. The van der Waals surface area contributed by atoms with E-state index >= 15 is 0 Å². The molecule has 146 valence electrons. The fourth-order valence-corrected chi connectivity index (χ4v) is 4.04. The summed E-state index contributed by atoms with van der Waals surface area (Å²) < 4.78 is 7.09. The number of nitrogens with two attached hydrogens (primary N) is 1. The van der Waals surface area contributed by atoms with Gasteiger partial charge in [0.05, 0.1) is 10.9 Å². The van der Waals surface area contributed by atoms with Gasteiger partial charge in [0.25, 0.3) is 5.56 Å². The number of hydrogen-bond donors (Lipinski definition) is 2. The minimum atomic E-state index is -0.439. The molecule has 1 aliphatic carbocycles. The molecular weight excluding hydrogens is 368 g/mol. The Morgan fingerprint density at radius 1 is 1.22 bits per heavy atom. The van der Waals surface area contributed by atoms with Crippen molar-refractivity contribution in [2.75, 3.05) is 0 Å². The smallest absolute Gasteiger partial charge is 0.273 e. The first-order valence-corrected chi connectivity index (χ1v) is 9.06. The van der Waals surface area contributed by atoms with Crippen LogP contribution in [0.3, 0.4) is 0 Å². The van der Waals surface area contributed by atoms with Gasteiger partial charge >= 0.3 is 0 Å².